The second kappa shape index (κ2) is 6.04. The van der Waals surface area contributed by atoms with Crippen LogP contribution in [0.4, 0.5) is 5.69 Å². The van der Waals surface area contributed by atoms with Crippen molar-refractivity contribution in [3.63, 3.8) is 0 Å². The highest BCUT2D eigenvalue weighted by Crippen LogP contribution is 2.34. The number of aromatic hydroxyl groups is 1. The van der Waals surface area contributed by atoms with Gasteiger partial charge in [0, 0.05) is 25.0 Å². The van der Waals surface area contributed by atoms with Crippen molar-refractivity contribution in [3.8, 4) is 5.75 Å². The van der Waals surface area contributed by atoms with Crippen LogP contribution < -0.4 is 0 Å². The van der Waals surface area contributed by atoms with Crippen LogP contribution in [-0.2, 0) is 0 Å². The number of carbonyl (C=O) groups is 1. The molecule has 1 aliphatic heterocycles. The zero-order valence-electron chi connectivity index (χ0n) is 12.3. The lowest BCUT2D eigenvalue weighted by atomic mass is 10.1. The van der Waals surface area contributed by atoms with Crippen LogP contribution in [0.1, 0.15) is 34.8 Å². The minimum absolute atomic E-state index is 0.0694. The maximum absolute atomic E-state index is 12.7. The van der Waals surface area contributed by atoms with Crippen molar-refractivity contribution in [1.82, 2.24) is 9.88 Å². The molecule has 23 heavy (non-hydrogen) atoms. The minimum Gasteiger partial charge on any atom is -0.507 e. The van der Waals surface area contributed by atoms with Crippen LogP contribution in [0.5, 0.6) is 5.75 Å². The summed E-state index contributed by atoms with van der Waals surface area (Å²) in [5, 5.41) is 20.7. The molecule has 0 aliphatic carbocycles. The Hall–Kier alpha value is -2.96. The number of non-ortho nitro benzene ring substituents is 1. The van der Waals surface area contributed by atoms with Crippen molar-refractivity contribution in [2.75, 3.05) is 6.54 Å². The number of rotatable bonds is 3. The van der Waals surface area contributed by atoms with E-state index in [4.69, 9.17) is 0 Å². The molecule has 2 heterocycles. The molecule has 1 aromatic heterocycles. The summed E-state index contributed by atoms with van der Waals surface area (Å²) in [6.45, 7) is 0.586. The van der Waals surface area contributed by atoms with Gasteiger partial charge in [-0.05, 0) is 36.6 Å². The normalized spacial score (nSPS) is 17.2. The van der Waals surface area contributed by atoms with Crippen LogP contribution in [0, 0.1) is 10.1 Å². The molecule has 1 N–H and O–H groups in total. The van der Waals surface area contributed by atoms with Gasteiger partial charge in [0.2, 0.25) is 0 Å². The summed E-state index contributed by atoms with van der Waals surface area (Å²) >= 11 is 0. The van der Waals surface area contributed by atoms with Crippen molar-refractivity contribution in [2.24, 2.45) is 0 Å². The van der Waals surface area contributed by atoms with E-state index in [0.717, 1.165) is 24.5 Å². The van der Waals surface area contributed by atoms with Gasteiger partial charge in [-0.15, -0.1) is 0 Å². The number of pyridine rings is 1. The van der Waals surface area contributed by atoms with E-state index in [0.29, 0.717) is 6.54 Å². The fourth-order valence-electron chi connectivity index (χ4n) is 2.91. The number of phenolic OH excluding ortho intramolecular Hbond substituents is 1. The number of nitrogens with zero attached hydrogens (tertiary/aromatic N) is 3. The highest BCUT2D eigenvalue weighted by Gasteiger charge is 2.32. The van der Waals surface area contributed by atoms with E-state index in [-0.39, 0.29) is 28.9 Å². The Morgan fingerprint density at radius 2 is 2.04 bits per heavy atom. The molecule has 0 radical (unpaired) electrons. The number of nitro groups is 1. The van der Waals surface area contributed by atoms with E-state index in [2.05, 4.69) is 4.98 Å². The van der Waals surface area contributed by atoms with Crippen LogP contribution >= 0.6 is 0 Å². The summed E-state index contributed by atoms with van der Waals surface area (Å²) in [5.41, 5.74) is 0.829. The molecule has 1 aliphatic rings. The summed E-state index contributed by atoms with van der Waals surface area (Å²) in [5.74, 6) is -0.693. The molecule has 3 rings (SSSR count). The molecule has 7 heteroatoms. The Bertz CT molecular complexity index is 748. The molecular weight excluding hydrogens is 298 g/mol. The lowest BCUT2D eigenvalue weighted by molar-refractivity contribution is -0.384. The first-order valence-electron chi connectivity index (χ1n) is 7.26. The standard InChI is InChI=1S/C16H15N3O4/c20-15-10-12(19(22)23)3-4-13(15)16(21)18-9-1-2-14(18)11-5-7-17-8-6-11/h3-8,10,14,20H,1-2,9H2/t14-/m1/s1. The summed E-state index contributed by atoms with van der Waals surface area (Å²) in [6, 6.07) is 7.20. The largest absolute Gasteiger partial charge is 0.507 e. The van der Waals surface area contributed by atoms with Gasteiger partial charge in [0.25, 0.3) is 11.6 Å². The van der Waals surface area contributed by atoms with Crippen LogP contribution in [-0.4, -0.2) is 32.4 Å². The van der Waals surface area contributed by atoms with Gasteiger partial charge in [-0.2, -0.15) is 0 Å². The first-order valence-corrected chi connectivity index (χ1v) is 7.26. The zero-order valence-corrected chi connectivity index (χ0v) is 12.3. The summed E-state index contributed by atoms with van der Waals surface area (Å²) < 4.78 is 0. The molecule has 1 fully saturated rings. The van der Waals surface area contributed by atoms with E-state index in [1.165, 1.54) is 12.1 Å². The molecule has 1 amide bonds. The van der Waals surface area contributed by atoms with Crippen molar-refractivity contribution in [2.45, 2.75) is 18.9 Å². The number of phenols is 1. The van der Waals surface area contributed by atoms with E-state index >= 15 is 0 Å². The summed E-state index contributed by atoms with van der Waals surface area (Å²) in [7, 11) is 0. The second-order valence-corrected chi connectivity index (χ2v) is 5.40. The second-order valence-electron chi connectivity index (χ2n) is 5.40. The van der Waals surface area contributed by atoms with Crippen molar-refractivity contribution < 1.29 is 14.8 Å². The number of nitro benzene ring substituents is 1. The Kier molecular flexibility index (Phi) is 3.92. The number of hydrogen-bond acceptors (Lipinski definition) is 5. The molecule has 0 bridgehead atoms. The fraction of sp³-hybridized carbons (Fsp3) is 0.250. The molecule has 118 valence electrons. The summed E-state index contributed by atoms with van der Waals surface area (Å²) in [4.78, 5) is 28.5. The molecule has 2 aromatic rings. The molecule has 0 saturated carbocycles. The first kappa shape index (κ1) is 15.0. The van der Waals surface area contributed by atoms with Gasteiger partial charge >= 0.3 is 0 Å². The average Bonchev–Trinajstić information content (AvgIpc) is 3.04. The fourth-order valence-corrected chi connectivity index (χ4v) is 2.91. The van der Waals surface area contributed by atoms with Crippen molar-refractivity contribution in [1.29, 1.82) is 0 Å². The Labute approximate surface area is 132 Å². The van der Waals surface area contributed by atoms with Crippen LogP contribution in [0.25, 0.3) is 0 Å². The van der Waals surface area contributed by atoms with Gasteiger partial charge < -0.3 is 10.0 Å². The third-order valence-corrected chi connectivity index (χ3v) is 4.03. The molecule has 1 aromatic carbocycles. The van der Waals surface area contributed by atoms with Crippen LogP contribution in [0.2, 0.25) is 0 Å². The smallest absolute Gasteiger partial charge is 0.273 e. The number of hydrogen-bond donors (Lipinski definition) is 1. The maximum atomic E-state index is 12.7. The van der Waals surface area contributed by atoms with Gasteiger partial charge in [-0.3, -0.25) is 19.9 Å². The van der Waals surface area contributed by atoms with E-state index < -0.39 is 4.92 Å². The van der Waals surface area contributed by atoms with E-state index in [9.17, 15) is 20.0 Å². The highest BCUT2D eigenvalue weighted by molar-refractivity contribution is 5.97. The van der Waals surface area contributed by atoms with Crippen molar-refractivity contribution >= 4 is 11.6 Å². The monoisotopic (exact) mass is 313 g/mol. The lowest BCUT2D eigenvalue weighted by Crippen LogP contribution is -2.30. The minimum atomic E-state index is -0.608. The molecule has 0 spiro atoms. The zero-order chi connectivity index (χ0) is 16.4. The number of amides is 1. The number of likely N-dealkylation sites (tertiary alicyclic amines) is 1. The summed E-state index contributed by atoms with van der Waals surface area (Å²) in [6.07, 6.45) is 5.06. The topological polar surface area (TPSA) is 96.6 Å². The number of carbonyl (C=O) groups excluding carboxylic acids is 1. The van der Waals surface area contributed by atoms with E-state index in [1.807, 2.05) is 12.1 Å². The molecule has 0 unspecified atom stereocenters. The number of benzene rings is 1. The van der Waals surface area contributed by atoms with Crippen LogP contribution in [0.15, 0.2) is 42.7 Å². The average molecular weight is 313 g/mol. The molecule has 1 saturated heterocycles. The van der Waals surface area contributed by atoms with Gasteiger partial charge in [-0.1, -0.05) is 0 Å². The number of aromatic nitrogens is 1. The third-order valence-electron chi connectivity index (χ3n) is 4.03. The van der Waals surface area contributed by atoms with Crippen molar-refractivity contribution in [3.05, 3.63) is 64.0 Å². The van der Waals surface area contributed by atoms with E-state index in [1.54, 1.807) is 17.3 Å². The first-order chi connectivity index (χ1) is 11.1. The third kappa shape index (κ3) is 2.85. The SMILES string of the molecule is O=C(c1ccc([N+](=O)[O-])cc1O)N1CCC[C@@H]1c1ccncc1. The highest BCUT2D eigenvalue weighted by atomic mass is 16.6. The lowest BCUT2D eigenvalue weighted by Gasteiger charge is -2.25. The molecular formula is C16H15N3O4. The molecule has 7 nitrogen and oxygen atoms in total. The molecule has 1 atom stereocenters. The maximum Gasteiger partial charge on any atom is 0.273 e. The predicted octanol–water partition coefficient (Wildman–Crippen LogP) is 2.67. The Balaban J connectivity index is 1.89. The van der Waals surface area contributed by atoms with Gasteiger partial charge in [-0.25, -0.2) is 0 Å². The quantitative estimate of drug-likeness (QED) is 0.694. The van der Waals surface area contributed by atoms with Crippen LogP contribution in [0.3, 0.4) is 0 Å². The Morgan fingerprint density at radius 3 is 2.70 bits per heavy atom. The van der Waals surface area contributed by atoms with Gasteiger partial charge in [0.1, 0.15) is 5.75 Å². The predicted molar refractivity (Wildman–Crippen MR) is 82.0 cm³/mol. The van der Waals surface area contributed by atoms with Gasteiger partial charge in [0.05, 0.1) is 22.6 Å². The van der Waals surface area contributed by atoms with Gasteiger partial charge in [0.15, 0.2) is 0 Å². The Morgan fingerprint density at radius 1 is 1.30 bits per heavy atom.